The fourth-order valence-corrected chi connectivity index (χ4v) is 3.98. The fourth-order valence-electron chi connectivity index (χ4n) is 3.98. The molecule has 2 saturated heterocycles. The van der Waals surface area contributed by atoms with Gasteiger partial charge in [0.25, 0.3) is 11.5 Å². The molecule has 0 unspecified atom stereocenters. The van der Waals surface area contributed by atoms with E-state index in [4.69, 9.17) is 4.74 Å². The lowest BCUT2D eigenvalue weighted by molar-refractivity contribution is 0.0898. The number of hydrogen-bond acceptors (Lipinski definition) is 4. The van der Waals surface area contributed by atoms with Gasteiger partial charge in [0.2, 0.25) is 0 Å². The van der Waals surface area contributed by atoms with Gasteiger partial charge in [0.05, 0.1) is 25.3 Å². The molecule has 6 nitrogen and oxygen atoms in total. The first kappa shape index (κ1) is 17.9. The second-order valence-electron chi connectivity index (χ2n) is 7.26. The molecule has 0 aliphatic carbocycles. The molecule has 27 heavy (non-hydrogen) atoms. The maximum Gasteiger partial charge on any atom is 0.261 e. The van der Waals surface area contributed by atoms with Gasteiger partial charge in [0.1, 0.15) is 5.56 Å². The molecule has 6 heteroatoms. The zero-order valence-corrected chi connectivity index (χ0v) is 15.3. The van der Waals surface area contributed by atoms with E-state index in [9.17, 15) is 9.59 Å². The van der Waals surface area contributed by atoms with E-state index >= 15 is 0 Å². The molecule has 3 heterocycles. The third kappa shape index (κ3) is 3.96. The largest absolute Gasteiger partial charge is 0.378 e. The fraction of sp³-hybridized carbons (Fsp3) is 0.429. The Balaban J connectivity index is 1.47. The maximum absolute atomic E-state index is 12.7. The van der Waals surface area contributed by atoms with Crippen LogP contribution in [0, 0.1) is 0 Å². The lowest BCUT2D eigenvalue weighted by Crippen LogP contribution is -2.52. The number of nitrogens with zero attached hydrogens (tertiary/aromatic N) is 1. The molecule has 2 N–H and O–H groups in total. The molecular weight excluding hydrogens is 342 g/mol. The average molecular weight is 367 g/mol. The number of aromatic amines is 1. The summed E-state index contributed by atoms with van der Waals surface area (Å²) < 4.78 is 5.62. The number of benzene rings is 1. The number of carbonyl (C=O) groups is 1. The van der Waals surface area contributed by atoms with E-state index in [-0.39, 0.29) is 29.1 Å². The highest BCUT2D eigenvalue weighted by molar-refractivity contribution is 5.94. The summed E-state index contributed by atoms with van der Waals surface area (Å²) in [5, 5.41) is 3.02. The summed E-state index contributed by atoms with van der Waals surface area (Å²) >= 11 is 0. The van der Waals surface area contributed by atoms with Crippen LogP contribution in [0.3, 0.4) is 0 Å². The van der Waals surface area contributed by atoms with Crippen molar-refractivity contribution < 1.29 is 9.53 Å². The van der Waals surface area contributed by atoms with Crippen LogP contribution >= 0.6 is 0 Å². The number of carbonyl (C=O) groups excluding carboxylic acids is 1. The van der Waals surface area contributed by atoms with Crippen LogP contribution in [0.2, 0.25) is 0 Å². The Hall–Kier alpha value is -2.44. The highest BCUT2D eigenvalue weighted by Gasteiger charge is 2.35. The van der Waals surface area contributed by atoms with E-state index in [2.05, 4.69) is 15.2 Å². The summed E-state index contributed by atoms with van der Waals surface area (Å²) in [6, 6.07) is 13.1. The molecule has 1 amide bonds. The predicted molar refractivity (Wildman–Crippen MR) is 104 cm³/mol. The molecule has 1 aromatic heterocycles. The third-order valence-corrected chi connectivity index (χ3v) is 5.47. The number of pyridine rings is 1. The van der Waals surface area contributed by atoms with Gasteiger partial charge in [-0.05, 0) is 43.6 Å². The SMILES string of the molecule is O=C(N[C@@H]1COC[C@H]1N1CCCCC1)c1ccc(-c2ccccc2)[nH]c1=O. The minimum Gasteiger partial charge on any atom is -0.378 e. The van der Waals surface area contributed by atoms with Crippen molar-refractivity contribution in [1.29, 1.82) is 0 Å². The molecule has 1 aromatic carbocycles. The smallest absolute Gasteiger partial charge is 0.261 e. The Morgan fingerprint density at radius 3 is 2.56 bits per heavy atom. The number of likely N-dealkylation sites (tertiary alicyclic amines) is 1. The number of amides is 1. The summed E-state index contributed by atoms with van der Waals surface area (Å²) in [4.78, 5) is 30.4. The number of hydrogen-bond donors (Lipinski definition) is 2. The summed E-state index contributed by atoms with van der Waals surface area (Å²) in [5.74, 6) is -0.339. The van der Waals surface area contributed by atoms with E-state index in [1.54, 1.807) is 12.1 Å². The van der Waals surface area contributed by atoms with E-state index in [1.807, 2.05) is 30.3 Å². The van der Waals surface area contributed by atoms with Crippen LogP contribution in [-0.2, 0) is 4.74 Å². The normalized spacial score (nSPS) is 23.3. The summed E-state index contributed by atoms with van der Waals surface area (Å²) in [6.07, 6.45) is 3.65. The van der Waals surface area contributed by atoms with Gasteiger partial charge in [0.15, 0.2) is 0 Å². The number of rotatable bonds is 4. The van der Waals surface area contributed by atoms with Crippen LogP contribution in [0.25, 0.3) is 11.3 Å². The number of ether oxygens (including phenoxy) is 1. The highest BCUT2D eigenvalue weighted by atomic mass is 16.5. The zero-order chi connectivity index (χ0) is 18.6. The maximum atomic E-state index is 12.7. The van der Waals surface area contributed by atoms with E-state index in [0.717, 1.165) is 18.7 Å². The van der Waals surface area contributed by atoms with E-state index in [1.165, 1.54) is 19.3 Å². The molecule has 0 spiro atoms. The summed E-state index contributed by atoms with van der Waals surface area (Å²) in [5.41, 5.74) is 1.38. The lowest BCUT2D eigenvalue weighted by atomic mass is 10.0. The van der Waals surface area contributed by atoms with Crippen molar-refractivity contribution in [2.24, 2.45) is 0 Å². The second kappa shape index (κ2) is 8.06. The van der Waals surface area contributed by atoms with Gasteiger partial charge in [-0.25, -0.2) is 0 Å². The average Bonchev–Trinajstić information content (AvgIpc) is 3.17. The van der Waals surface area contributed by atoms with Crippen molar-refractivity contribution in [1.82, 2.24) is 15.2 Å². The van der Waals surface area contributed by atoms with Gasteiger partial charge in [-0.1, -0.05) is 36.8 Å². The van der Waals surface area contributed by atoms with Crippen molar-refractivity contribution in [2.45, 2.75) is 31.3 Å². The molecule has 4 rings (SSSR count). The minimum atomic E-state index is -0.373. The van der Waals surface area contributed by atoms with Gasteiger partial charge in [-0.15, -0.1) is 0 Å². The van der Waals surface area contributed by atoms with Crippen molar-refractivity contribution in [3.63, 3.8) is 0 Å². The first-order chi connectivity index (χ1) is 13.2. The third-order valence-electron chi connectivity index (χ3n) is 5.47. The topological polar surface area (TPSA) is 74.4 Å². The van der Waals surface area contributed by atoms with Crippen LogP contribution in [0.1, 0.15) is 29.6 Å². The number of aromatic nitrogens is 1. The number of H-pyrrole nitrogens is 1. The molecule has 142 valence electrons. The van der Waals surface area contributed by atoms with Crippen molar-refractivity contribution in [3.05, 3.63) is 58.4 Å². The van der Waals surface area contributed by atoms with Crippen LogP contribution < -0.4 is 10.9 Å². The molecule has 2 atom stereocenters. The van der Waals surface area contributed by atoms with E-state index in [0.29, 0.717) is 18.9 Å². The lowest BCUT2D eigenvalue weighted by Gasteiger charge is -2.34. The quantitative estimate of drug-likeness (QED) is 0.867. The van der Waals surface area contributed by atoms with Crippen molar-refractivity contribution in [2.75, 3.05) is 26.3 Å². The van der Waals surface area contributed by atoms with Crippen molar-refractivity contribution in [3.8, 4) is 11.3 Å². The Kier molecular flexibility index (Phi) is 5.36. The molecule has 0 radical (unpaired) electrons. The van der Waals surface area contributed by atoms with Gasteiger partial charge < -0.3 is 15.0 Å². The highest BCUT2D eigenvalue weighted by Crippen LogP contribution is 2.19. The molecule has 2 fully saturated rings. The monoisotopic (exact) mass is 367 g/mol. The van der Waals surface area contributed by atoms with Crippen LogP contribution in [0.4, 0.5) is 0 Å². The van der Waals surface area contributed by atoms with Gasteiger partial charge in [0, 0.05) is 5.69 Å². The van der Waals surface area contributed by atoms with Crippen LogP contribution in [0.5, 0.6) is 0 Å². The number of piperidine rings is 1. The standard InChI is InChI=1S/C21H25N3O3/c25-20-16(9-10-17(22-20)15-7-3-1-4-8-15)21(26)23-18-13-27-14-19(18)24-11-5-2-6-12-24/h1,3-4,7-10,18-19H,2,5-6,11-14H2,(H,22,25)(H,23,26)/t18-,19-/m1/s1. The first-order valence-electron chi connectivity index (χ1n) is 9.64. The van der Waals surface area contributed by atoms with Gasteiger partial charge >= 0.3 is 0 Å². The Labute approximate surface area is 158 Å². The summed E-state index contributed by atoms with van der Waals surface area (Å²) in [6.45, 7) is 3.22. The molecule has 0 saturated carbocycles. The van der Waals surface area contributed by atoms with Gasteiger partial charge in [-0.3, -0.25) is 14.5 Å². The van der Waals surface area contributed by atoms with E-state index < -0.39 is 0 Å². The number of nitrogens with one attached hydrogen (secondary N) is 2. The van der Waals surface area contributed by atoms with Gasteiger partial charge in [-0.2, -0.15) is 0 Å². The Bertz CT molecular complexity index is 843. The summed E-state index contributed by atoms with van der Waals surface area (Å²) in [7, 11) is 0. The zero-order valence-electron chi connectivity index (χ0n) is 15.3. The molecule has 0 bridgehead atoms. The van der Waals surface area contributed by atoms with Crippen LogP contribution in [0.15, 0.2) is 47.3 Å². The molecular formula is C21H25N3O3. The molecule has 2 aliphatic heterocycles. The molecule has 2 aliphatic rings. The second-order valence-corrected chi connectivity index (χ2v) is 7.26. The Morgan fingerprint density at radius 2 is 1.81 bits per heavy atom. The molecule has 2 aromatic rings. The predicted octanol–water partition coefficient (Wildman–Crippen LogP) is 2.02. The Morgan fingerprint density at radius 1 is 1.04 bits per heavy atom. The van der Waals surface area contributed by atoms with Crippen LogP contribution in [-0.4, -0.2) is 54.2 Å². The minimum absolute atomic E-state index is 0.0798. The first-order valence-corrected chi connectivity index (χ1v) is 9.64. The van der Waals surface area contributed by atoms with Crippen molar-refractivity contribution >= 4 is 5.91 Å².